The van der Waals surface area contributed by atoms with E-state index in [-0.39, 0.29) is 5.91 Å². The molecule has 2 aromatic carbocycles. The van der Waals surface area contributed by atoms with Crippen molar-refractivity contribution in [3.8, 4) is 0 Å². The number of primary amides is 1. The molecule has 4 heteroatoms. The van der Waals surface area contributed by atoms with Crippen LogP contribution in [0.3, 0.4) is 0 Å². The van der Waals surface area contributed by atoms with Crippen molar-refractivity contribution in [2.24, 2.45) is 5.73 Å². The van der Waals surface area contributed by atoms with E-state index in [4.69, 9.17) is 5.73 Å². The molecule has 0 fully saturated rings. The minimum Gasteiger partial charge on any atom is -0.366 e. The van der Waals surface area contributed by atoms with E-state index in [9.17, 15) is 9.59 Å². The highest BCUT2D eigenvalue weighted by atomic mass is 16.2. The molecule has 0 saturated heterocycles. The summed E-state index contributed by atoms with van der Waals surface area (Å²) in [4.78, 5) is 23.3. The van der Waals surface area contributed by atoms with E-state index < -0.39 is 5.91 Å². The zero-order valence-electron chi connectivity index (χ0n) is 11.2. The van der Waals surface area contributed by atoms with Crippen molar-refractivity contribution in [3.05, 3.63) is 70.8 Å². The number of hydrogen-bond acceptors (Lipinski definition) is 2. The minimum atomic E-state index is -0.528. The maximum Gasteiger partial charge on any atom is 0.251 e. The number of benzene rings is 2. The van der Waals surface area contributed by atoms with Crippen LogP contribution in [0.2, 0.25) is 0 Å². The van der Waals surface area contributed by atoms with Crippen LogP contribution in [0.15, 0.2) is 48.5 Å². The molecule has 0 aliphatic rings. The van der Waals surface area contributed by atoms with Gasteiger partial charge < -0.3 is 11.1 Å². The Morgan fingerprint density at radius 2 is 1.80 bits per heavy atom. The number of hydrogen-bond donors (Lipinski definition) is 2. The summed E-state index contributed by atoms with van der Waals surface area (Å²) in [6.07, 6.45) is 0. The van der Waals surface area contributed by atoms with Gasteiger partial charge in [0, 0.05) is 17.7 Å². The van der Waals surface area contributed by atoms with Gasteiger partial charge in [0.2, 0.25) is 5.91 Å². The first-order valence-corrected chi connectivity index (χ1v) is 6.30. The van der Waals surface area contributed by atoms with Crippen LogP contribution in [0.4, 0.5) is 0 Å². The zero-order chi connectivity index (χ0) is 14.5. The number of carbonyl (C=O) groups excluding carboxylic acids is 2. The number of rotatable bonds is 4. The Balaban J connectivity index is 2.10. The fourth-order valence-corrected chi connectivity index (χ4v) is 1.91. The van der Waals surface area contributed by atoms with E-state index in [0.29, 0.717) is 17.7 Å². The summed E-state index contributed by atoms with van der Waals surface area (Å²) in [5, 5.41) is 2.81. The summed E-state index contributed by atoms with van der Waals surface area (Å²) >= 11 is 0. The van der Waals surface area contributed by atoms with Crippen LogP contribution in [-0.4, -0.2) is 11.8 Å². The predicted molar refractivity (Wildman–Crippen MR) is 77.3 cm³/mol. The molecule has 2 rings (SSSR count). The molecule has 0 aromatic heterocycles. The molecular formula is C16H16N2O2. The van der Waals surface area contributed by atoms with Crippen LogP contribution in [0.25, 0.3) is 0 Å². The minimum absolute atomic E-state index is 0.226. The molecule has 0 spiro atoms. The first-order chi connectivity index (χ1) is 9.58. The first kappa shape index (κ1) is 13.8. The third-order valence-electron chi connectivity index (χ3n) is 3.06. The van der Waals surface area contributed by atoms with Gasteiger partial charge >= 0.3 is 0 Å². The van der Waals surface area contributed by atoms with Crippen molar-refractivity contribution in [3.63, 3.8) is 0 Å². The maximum atomic E-state index is 12.0. The molecule has 0 saturated carbocycles. The van der Waals surface area contributed by atoms with Crippen LogP contribution in [0, 0.1) is 6.92 Å². The number of nitrogens with one attached hydrogen (secondary N) is 1. The standard InChI is InChI=1S/C16H16N2O2/c1-11-7-8-13(9-14(11)15(17)19)16(20)18-10-12-5-3-2-4-6-12/h2-9H,10H2,1H3,(H2,17,19)(H,18,20). The lowest BCUT2D eigenvalue weighted by Gasteiger charge is -2.08. The van der Waals surface area contributed by atoms with E-state index in [1.54, 1.807) is 19.1 Å². The molecule has 102 valence electrons. The van der Waals surface area contributed by atoms with Gasteiger partial charge in [0.15, 0.2) is 0 Å². The van der Waals surface area contributed by atoms with Crippen LogP contribution in [-0.2, 0) is 6.54 Å². The lowest BCUT2D eigenvalue weighted by atomic mass is 10.0. The Labute approximate surface area is 117 Å². The highest BCUT2D eigenvalue weighted by Gasteiger charge is 2.10. The molecule has 0 aliphatic heterocycles. The van der Waals surface area contributed by atoms with Gasteiger partial charge in [-0.2, -0.15) is 0 Å². The quantitative estimate of drug-likeness (QED) is 0.890. The smallest absolute Gasteiger partial charge is 0.251 e. The average Bonchev–Trinajstić information content (AvgIpc) is 2.46. The third kappa shape index (κ3) is 3.23. The number of carbonyl (C=O) groups is 2. The molecule has 0 aliphatic carbocycles. The van der Waals surface area contributed by atoms with Crippen molar-refractivity contribution < 1.29 is 9.59 Å². The van der Waals surface area contributed by atoms with Crippen molar-refractivity contribution in [2.75, 3.05) is 0 Å². The van der Waals surface area contributed by atoms with Gasteiger partial charge in [0.25, 0.3) is 5.91 Å². The van der Waals surface area contributed by atoms with Crippen LogP contribution < -0.4 is 11.1 Å². The Morgan fingerprint density at radius 1 is 1.10 bits per heavy atom. The first-order valence-electron chi connectivity index (χ1n) is 6.30. The highest BCUT2D eigenvalue weighted by Crippen LogP contribution is 2.11. The molecule has 3 N–H and O–H groups in total. The summed E-state index contributed by atoms with van der Waals surface area (Å²) in [7, 11) is 0. The number of amides is 2. The molecule has 2 amide bonds. The lowest BCUT2D eigenvalue weighted by Crippen LogP contribution is -2.23. The molecule has 2 aromatic rings. The summed E-state index contributed by atoms with van der Waals surface area (Å²) in [6, 6.07) is 14.5. The third-order valence-corrected chi connectivity index (χ3v) is 3.06. The fourth-order valence-electron chi connectivity index (χ4n) is 1.91. The van der Waals surface area contributed by atoms with E-state index in [1.165, 1.54) is 6.07 Å². The van der Waals surface area contributed by atoms with Crippen molar-refractivity contribution in [1.29, 1.82) is 0 Å². The molecule has 0 bridgehead atoms. The predicted octanol–water partition coefficient (Wildman–Crippen LogP) is 2.02. The van der Waals surface area contributed by atoms with Gasteiger partial charge in [-0.25, -0.2) is 0 Å². The Morgan fingerprint density at radius 3 is 2.45 bits per heavy atom. The second-order valence-electron chi connectivity index (χ2n) is 4.56. The number of nitrogens with two attached hydrogens (primary N) is 1. The van der Waals surface area contributed by atoms with Crippen LogP contribution in [0.5, 0.6) is 0 Å². The molecule has 4 nitrogen and oxygen atoms in total. The lowest BCUT2D eigenvalue weighted by molar-refractivity contribution is 0.0951. The van der Waals surface area contributed by atoms with Gasteiger partial charge in [-0.3, -0.25) is 9.59 Å². The summed E-state index contributed by atoms with van der Waals surface area (Å²) in [5.41, 5.74) is 7.86. The fraction of sp³-hybridized carbons (Fsp3) is 0.125. The molecule has 0 atom stereocenters. The Bertz CT molecular complexity index is 636. The second kappa shape index (κ2) is 6.02. The van der Waals surface area contributed by atoms with E-state index in [2.05, 4.69) is 5.32 Å². The molecule has 0 heterocycles. The highest BCUT2D eigenvalue weighted by molar-refractivity contribution is 5.99. The average molecular weight is 268 g/mol. The van der Waals surface area contributed by atoms with Crippen LogP contribution >= 0.6 is 0 Å². The van der Waals surface area contributed by atoms with E-state index in [1.807, 2.05) is 30.3 Å². The Kier molecular flexibility index (Phi) is 4.15. The molecule has 0 radical (unpaired) electrons. The second-order valence-corrected chi connectivity index (χ2v) is 4.56. The topological polar surface area (TPSA) is 72.2 Å². The van der Waals surface area contributed by atoms with Crippen molar-refractivity contribution in [1.82, 2.24) is 5.32 Å². The van der Waals surface area contributed by atoms with Gasteiger partial charge in [0.05, 0.1) is 0 Å². The van der Waals surface area contributed by atoms with Gasteiger partial charge in [-0.1, -0.05) is 36.4 Å². The van der Waals surface area contributed by atoms with Gasteiger partial charge in [-0.15, -0.1) is 0 Å². The summed E-state index contributed by atoms with van der Waals surface area (Å²) < 4.78 is 0. The zero-order valence-corrected chi connectivity index (χ0v) is 11.2. The molecular weight excluding hydrogens is 252 g/mol. The van der Waals surface area contributed by atoms with Crippen molar-refractivity contribution in [2.45, 2.75) is 13.5 Å². The van der Waals surface area contributed by atoms with Gasteiger partial charge in [0.1, 0.15) is 0 Å². The maximum absolute atomic E-state index is 12.0. The summed E-state index contributed by atoms with van der Waals surface area (Å²) in [5.74, 6) is -0.753. The van der Waals surface area contributed by atoms with E-state index >= 15 is 0 Å². The van der Waals surface area contributed by atoms with Crippen molar-refractivity contribution >= 4 is 11.8 Å². The van der Waals surface area contributed by atoms with E-state index in [0.717, 1.165) is 11.1 Å². The van der Waals surface area contributed by atoms with Gasteiger partial charge in [-0.05, 0) is 30.2 Å². The Hall–Kier alpha value is -2.62. The largest absolute Gasteiger partial charge is 0.366 e. The summed E-state index contributed by atoms with van der Waals surface area (Å²) in [6.45, 7) is 2.23. The molecule has 0 unspecified atom stereocenters. The SMILES string of the molecule is Cc1ccc(C(=O)NCc2ccccc2)cc1C(N)=O. The molecule has 20 heavy (non-hydrogen) atoms. The monoisotopic (exact) mass is 268 g/mol. The number of aryl methyl sites for hydroxylation is 1. The normalized spacial score (nSPS) is 10.1. The van der Waals surface area contributed by atoms with Crippen LogP contribution in [0.1, 0.15) is 31.8 Å².